The fourth-order valence-electron chi connectivity index (χ4n) is 2.91. The Hall–Kier alpha value is -2.19. The lowest BCUT2D eigenvalue weighted by atomic mass is 10.0. The summed E-state index contributed by atoms with van der Waals surface area (Å²) in [6.45, 7) is 0. The van der Waals surface area contributed by atoms with Gasteiger partial charge >= 0.3 is 5.97 Å². The molecule has 0 aliphatic carbocycles. The summed E-state index contributed by atoms with van der Waals surface area (Å²) in [5.74, 6) is 12.0. The first-order valence-electron chi connectivity index (χ1n) is 10.4. The van der Waals surface area contributed by atoms with Crippen molar-refractivity contribution in [2.75, 3.05) is 7.11 Å². The maximum atomic E-state index is 11.0. The fraction of sp³-hybridized carbons (Fsp3) is 0.560. The summed E-state index contributed by atoms with van der Waals surface area (Å²) < 4.78 is 4.64. The van der Waals surface area contributed by atoms with Gasteiger partial charge in [-0.15, -0.1) is 0 Å². The van der Waals surface area contributed by atoms with E-state index in [0.717, 1.165) is 24.8 Å². The molecular weight excluding hydrogens is 332 g/mol. The molecule has 0 spiro atoms. The summed E-state index contributed by atoms with van der Waals surface area (Å²) in [6.07, 6.45) is 15.3. The van der Waals surface area contributed by atoms with Crippen molar-refractivity contribution in [2.45, 2.75) is 83.5 Å². The summed E-state index contributed by atoms with van der Waals surface area (Å²) in [6, 6.07) is 9.97. The van der Waals surface area contributed by atoms with Gasteiger partial charge in [0.25, 0.3) is 0 Å². The second kappa shape index (κ2) is 17.2. The monoisotopic (exact) mass is 366 g/mol. The molecule has 0 aliphatic rings. The van der Waals surface area contributed by atoms with Crippen molar-refractivity contribution in [3.05, 3.63) is 35.9 Å². The van der Waals surface area contributed by atoms with Crippen molar-refractivity contribution >= 4 is 5.97 Å². The van der Waals surface area contributed by atoms with Gasteiger partial charge in [-0.25, -0.2) is 0 Å². The molecule has 2 nitrogen and oxygen atoms in total. The molecule has 1 aromatic rings. The molecule has 0 atom stereocenters. The van der Waals surface area contributed by atoms with Gasteiger partial charge in [-0.2, -0.15) is 0 Å². The van der Waals surface area contributed by atoms with Crippen LogP contribution in [0.3, 0.4) is 0 Å². The zero-order valence-electron chi connectivity index (χ0n) is 16.9. The lowest BCUT2D eigenvalue weighted by Crippen LogP contribution is -1.99. The Morgan fingerprint density at radius 1 is 0.778 bits per heavy atom. The largest absolute Gasteiger partial charge is 0.469 e. The second-order valence-electron chi connectivity index (χ2n) is 6.88. The molecule has 0 saturated heterocycles. The maximum Gasteiger partial charge on any atom is 0.305 e. The molecule has 1 aromatic carbocycles. The van der Waals surface area contributed by atoms with Crippen LogP contribution in [0.5, 0.6) is 0 Å². The first kappa shape index (κ1) is 22.9. The minimum absolute atomic E-state index is 0.0823. The number of carbonyl (C=O) groups is 1. The van der Waals surface area contributed by atoms with Crippen LogP contribution in [0.2, 0.25) is 0 Å². The van der Waals surface area contributed by atoms with E-state index in [1.54, 1.807) is 0 Å². The van der Waals surface area contributed by atoms with Crippen LogP contribution >= 0.6 is 0 Å². The van der Waals surface area contributed by atoms with E-state index in [2.05, 4.69) is 28.4 Å². The van der Waals surface area contributed by atoms with E-state index in [-0.39, 0.29) is 5.97 Å². The third-order valence-electron chi connectivity index (χ3n) is 4.54. The van der Waals surface area contributed by atoms with Crippen molar-refractivity contribution in [2.24, 2.45) is 0 Å². The number of methoxy groups -OCH3 is 1. The molecule has 0 saturated carbocycles. The first-order valence-corrected chi connectivity index (χ1v) is 10.4. The number of benzene rings is 1. The number of hydrogen-bond acceptors (Lipinski definition) is 2. The van der Waals surface area contributed by atoms with Gasteiger partial charge in [-0.05, 0) is 36.8 Å². The molecule has 0 aromatic heterocycles. The lowest BCUT2D eigenvalue weighted by Gasteiger charge is -2.02. The van der Waals surface area contributed by atoms with Gasteiger partial charge in [0.2, 0.25) is 0 Å². The van der Waals surface area contributed by atoms with Crippen LogP contribution in [0.25, 0.3) is 0 Å². The zero-order chi connectivity index (χ0) is 19.4. The molecule has 27 heavy (non-hydrogen) atoms. The van der Waals surface area contributed by atoms with Gasteiger partial charge in [0, 0.05) is 18.4 Å². The van der Waals surface area contributed by atoms with E-state index >= 15 is 0 Å². The van der Waals surface area contributed by atoms with Crippen LogP contribution < -0.4 is 0 Å². The van der Waals surface area contributed by atoms with E-state index in [0.29, 0.717) is 6.42 Å². The normalized spacial score (nSPS) is 9.67. The minimum atomic E-state index is -0.0823. The standard InChI is InChI=1S/C25H34O2/c1-27-25(26)23-19-14-12-10-8-6-4-2-3-5-7-9-11-13-16-20-24-21-17-15-18-22-24/h15,17-18,21-22H,2-10,12,14,19,23H2,1H3. The highest BCUT2D eigenvalue weighted by atomic mass is 16.5. The van der Waals surface area contributed by atoms with Gasteiger partial charge in [-0.3, -0.25) is 4.79 Å². The van der Waals surface area contributed by atoms with Gasteiger partial charge in [0.1, 0.15) is 0 Å². The molecule has 0 fully saturated rings. The predicted molar refractivity (Wildman–Crippen MR) is 113 cm³/mol. The summed E-state index contributed by atoms with van der Waals surface area (Å²) in [4.78, 5) is 11.0. The molecule has 0 aliphatic heterocycles. The number of unbranched alkanes of at least 4 members (excludes halogenated alkanes) is 11. The van der Waals surface area contributed by atoms with Crippen LogP contribution in [0.1, 0.15) is 89.0 Å². The summed E-state index contributed by atoms with van der Waals surface area (Å²) in [5.41, 5.74) is 1.02. The molecule has 1 rings (SSSR count). The number of esters is 1. The van der Waals surface area contributed by atoms with Crippen molar-refractivity contribution in [3.8, 4) is 23.7 Å². The lowest BCUT2D eigenvalue weighted by molar-refractivity contribution is -0.140. The Morgan fingerprint density at radius 3 is 1.93 bits per heavy atom. The Morgan fingerprint density at radius 2 is 1.33 bits per heavy atom. The van der Waals surface area contributed by atoms with Crippen LogP contribution in [0.15, 0.2) is 30.3 Å². The number of carbonyl (C=O) groups excluding carboxylic acids is 1. The van der Waals surface area contributed by atoms with Crippen molar-refractivity contribution < 1.29 is 9.53 Å². The summed E-state index contributed by atoms with van der Waals surface area (Å²) in [5, 5.41) is 0. The molecule has 2 heteroatoms. The van der Waals surface area contributed by atoms with Gasteiger partial charge in [0.15, 0.2) is 0 Å². The molecule has 0 radical (unpaired) electrons. The smallest absolute Gasteiger partial charge is 0.305 e. The van der Waals surface area contributed by atoms with E-state index in [1.165, 1.54) is 64.9 Å². The van der Waals surface area contributed by atoms with Gasteiger partial charge in [0.05, 0.1) is 7.11 Å². The quantitative estimate of drug-likeness (QED) is 0.233. The van der Waals surface area contributed by atoms with E-state index < -0.39 is 0 Å². The van der Waals surface area contributed by atoms with Gasteiger partial charge < -0.3 is 4.74 Å². The van der Waals surface area contributed by atoms with Crippen molar-refractivity contribution in [3.63, 3.8) is 0 Å². The van der Waals surface area contributed by atoms with Crippen molar-refractivity contribution in [1.82, 2.24) is 0 Å². The number of hydrogen-bond donors (Lipinski definition) is 0. The average Bonchev–Trinajstić information content (AvgIpc) is 2.70. The molecule has 0 unspecified atom stereocenters. The molecular formula is C25H34O2. The Labute approximate surface area is 166 Å². The van der Waals surface area contributed by atoms with Gasteiger partial charge in [-0.1, -0.05) is 87.8 Å². The fourth-order valence-corrected chi connectivity index (χ4v) is 2.91. The van der Waals surface area contributed by atoms with E-state index in [4.69, 9.17) is 0 Å². The molecule has 0 amide bonds. The molecule has 0 heterocycles. The Bertz CT molecular complexity index is 610. The maximum absolute atomic E-state index is 11.0. The number of ether oxygens (including phenoxy) is 1. The molecule has 0 N–H and O–H groups in total. The Balaban J connectivity index is 1.83. The third-order valence-corrected chi connectivity index (χ3v) is 4.54. The highest BCUT2D eigenvalue weighted by Crippen LogP contribution is 2.12. The first-order chi connectivity index (χ1) is 13.3. The van der Waals surface area contributed by atoms with Crippen LogP contribution in [0.4, 0.5) is 0 Å². The van der Waals surface area contributed by atoms with Crippen LogP contribution in [-0.2, 0) is 9.53 Å². The average molecular weight is 367 g/mol. The number of rotatable bonds is 13. The highest BCUT2D eigenvalue weighted by molar-refractivity contribution is 5.68. The van der Waals surface area contributed by atoms with E-state index in [9.17, 15) is 4.79 Å². The topological polar surface area (TPSA) is 26.3 Å². The van der Waals surface area contributed by atoms with Crippen LogP contribution in [0, 0.1) is 23.7 Å². The highest BCUT2D eigenvalue weighted by Gasteiger charge is 1.99. The van der Waals surface area contributed by atoms with E-state index in [1.807, 2.05) is 30.3 Å². The molecule has 0 bridgehead atoms. The minimum Gasteiger partial charge on any atom is -0.469 e. The zero-order valence-corrected chi connectivity index (χ0v) is 16.9. The Kier molecular flexibility index (Phi) is 14.6. The third kappa shape index (κ3) is 14.6. The van der Waals surface area contributed by atoms with Crippen LogP contribution in [-0.4, -0.2) is 13.1 Å². The summed E-state index contributed by atoms with van der Waals surface area (Å²) >= 11 is 0. The van der Waals surface area contributed by atoms with Crippen molar-refractivity contribution in [1.29, 1.82) is 0 Å². The summed E-state index contributed by atoms with van der Waals surface area (Å²) in [7, 11) is 1.46. The molecule has 146 valence electrons. The SMILES string of the molecule is COC(=O)CCCCCCCCCCCCCC#CC#Cc1ccccc1. The second-order valence-corrected chi connectivity index (χ2v) is 6.88. The predicted octanol–water partition coefficient (Wildman–Crippen LogP) is 6.29.